The number of nitrogens with zero attached hydrogens (tertiary/aromatic N) is 1. The normalized spacial score (nSPS) is 11.7. The van der Waals surface area contributed by atoms with Crippen molar-refractivity contribution >= 4 is 0 Å². The molecule has 0 N–H and O–H groups in total. The van der Waals surface area contributed by atoms with Crippen LogP contribution in [0.15, 0.2) is 41.1 Å². The predicted molar refractivity (Wildman–Crippen MR) is 51.5 cm³/mol. The standard InChI is InChI=1S/C11H9F2NO/c1-11(12,13)9-4-2-8(3-5-9)10-6-7-15-14-10/h2-7H,1H3. The van der Waals surface area contributed by atoms with Gasteiger partial charge >= 0.3 is 0 Å². The minimum absolute atomic E-state index is 0.00487. The van der Waals surface area contributed by atoms with E-state index in [4.69, 9.17) is 0 Å². The molecule has 0 amide bonds. The van der Waals surface area contributed by atoms with Crippen molar-refractivity contribution in [1.29, 1.82) is 0 Å². The van der Waals surface area contributed by atoms with E-state index >= 15 is 0 Å². The smallest absolute Gasteiger partial charge is 0.270 e. The van der Waals surface area contributed by atoms with Crippen LogP contribution in [0.5, 0.6) is 0 Å². The Balaban J connectivity index is 2.33. The van der Waals surface area contributed by atoms with Gasteiger partial charge in [0, 0.05) is 24.1 Å². The number of hydrogen-bond acceptors (Lipinski definition) is 2. The second-order valence-electron chi connectivity index (χ2n) is 3.35. The number of rotatable bonds is 2. The van der Waals surface area contributed by atoms with Crippen LogP contribution in [0.4, 0.5) is 8.78 Å². The zero-order valence-corrected chi connectivity index (χ0v) is 8.08. The van der Waals surface area contributed by atoms with Crippen molar-refractivity contribution in [2.24, 2.45) is 0 Å². The minimum Gasteiger partial charge on any atom is -0.364 e. The molecule has 2 rings (SSSR count). The van der Waals surface area contributed by atoms with Crippen LogP contribution in [0, 0.1) is 0 Å². The van der Waals surface area contributed by atoms with Crippen LogP contribution in [-0.4, -0.2) is 5.16 Å². The first-order valence-corrected chi connectivity index (χ1v) is 4.46. The fraction of sp³-hybridized carbons (Fsp3) is 0.182. The van der Waals surface area contributed by atoms with Crippen LogP contribution in [0.1, 0.15) is 12.5 Å². The van der Waals surface area contributed by atoms with Gasteiger partial charge in [0.15, 0.2) is 0 Å². The van der Waals surface area contributed by atoms with Gasteiger partial charge in [-0.3, -0.25) is 0 Å². The van der Waals surface area contributed by atoms with Gasteiger partial charge in [-0.05, 0) is 0 Å². The van der Waals surface area contributed by atoms with Gasteiger partial charge in [-0.15, -0.1) is 0 Å². The van der Waals surface area contributed by atoms with Crippen molar-refractivity contribution < 1.29 is 13.3 Å². The third-order valence-corrected chi connectivity index (χ3v) is 2.13. The van der Waals surface area contributed by atoms with Crippen molar-refractivity contribution in [3.63, 3.8) is 0 Å². The van der Waals surface area contributed by atoms with E-state index in [1.165, 1.54) is 18.4 Å². The Bertz CT molecular complexity index is 429. The number of alkyl halides is 2. The molecule has 1 heterocycles. The van der Waals surface area contributed by atoms with Gasteiger partial charge in [0.05, 0.1) is 0 Å². The first-order chi connectivity index (χ1) is 7.07. The van der Waals surface area contributed by atoms with E-state index in [0.29, 0.717) is 5.69 Å². The number of hydrogen-bond donors (Lipinski definition) is 0. The Kier molecular flexibility index (Phi) is 2.26. The largest absolute Gasteiger partial charge is 0.364 e. The third kappa shape index (κ3) is 2.03. The SMILES string of the molecule is CC(F)(F)c1ccc(-c2ccon2)cc1. The molecule has 78 valence electrons. The zero-order chi connectivity index (χ0) is 10.9. The van der Waals surface area contributed by atoms with E-state index in [1.807, 2.05) is 0 Å². The topological polar surface area (TPSA) is 26.0 Å². The number of aromatic nitrogens is 1. The molecule has 0 fully saturated rings. The summed E-state index contributed by atoms with van der Waals surface area (Å²) in [5.74, 6) is -2.80. The van der Waals surface area contributed by atoms with Gasteiger partial charge in [-0.1, -0.05) is 29.4 Å². The Labute approximate surface area is 85.5 Å². The summed E-state index contributed by atoms with van der Waals surface area (Å²) in [4.78, 5) is 0. The van der Waals surface area contributed by atoms with E-state index in [0.717, 1.165) is 12.5 Å². The molecule has 0 aliphatic rings. The molecule has 4 heteroatoms. The lowest BCUT2D eigenvalue weighted by molar-refractivity contribution is 0.0175. The summed E-state index contributed by atoms with van der Waals surface area (Å²) in [7, 11) is 0. The summed E-state index contributed by atoms with van der Waals surface area (Å²) in [6.45, 7) is 0.873. The summed E-state index contributed by atoms with van der Waals surface area (Å²) in [5.41, 5.74) is 1.40. The molecule has 0 radical (unpaired) electrons. The van der Waals surface area contributed by atoms with Crippen LogP contribution in [-0.2, 0) is 5.92 Å². The molecular weight excluding hydrogens is 200 g/mol. The molecule has 2 nitrogen and oxygen atoms in total. The molecule has 0 aliphatic heterocycles. The summed E-state index contributed by atoms with van der Waals surface area (Å²) >= 11 is 0. The fourth-order valence-corrected chi connectivity index (χ4v) is 1.30. The van der Waals surface area contributed by atoms with E-state index in [1.54, 1.807) is 18.2 Å². The van der Waals surface area contributed by atoms with Crippen LogP contribution in [0.2, 0.25) is 0 Å². The molecule has 1 aromatic carbocycles. The quantitative estimate of drug-likeness (QED) is 0.757. The molecule has 0 saturated carbocycles. The van der Waals surface area contributed by atoms with Crippen molar-refractivity contribution in [1.82, 2.24) is 5.16 Å². The predicted octanol–water partition coefficient (Wildman–Crippen LogP) is 3.45. The lowest BCUT2D eigenvalue weighted by Crippen LogP contribution is -2.06. The molecule has 0 bridgehead atoms. The Morgan fingerprint density at radius 2 is 1.80 bits per heavy atom. The van der Waals surface area contributed by atoms with Crippen LogP contribution < -0.4 is 0 Å². The maximum Gasteiger partial charge on any atom is 0.270 e. The van der Waals surface area contributed by atoms with E-state index in [-0.39, 0.29) is 5.56 Å². The average molecular weight is 209 g/mol. The highest BCUT2D eigenvalue weighted by Gasteiger charge is 2.23. The average Bonchev–Trinajstić information content (AvgIpc) is 2.69. The Morgan fingerprint density at radius 3 is 2.27 bits per heavy atom. The molecule has 0 unspecified atom stereocenters. The zero-order valence-electron chi connectivity index (χ0n) is 8.08. The fourth-order valence-electron chi connectivity index (χ4n) is 1.30. The molecule has 0 aliphatic carbocycles. The van der Waals surface area contributed by atoms with Crippen LogP contribution >= 0.6 is 0 Å². The molecule has 2 aromatic rings. The van der Waals surface area contributed by atoms with Gasteiger partial charge in [-0.2, -0.15) is 0 Å². The summed E-state index contributed by atoms with van der Waals surface area (Å²) < 4.78 is 30.5. The van der Waals surface area contributed by atoms with E-state index in [9.17, 15) is 8.78 Å². The van der Waals surface area contributed by atoms with Crippen molar-refractivity contribution in [3.8, 4) is 11.3 Å². The summed E-state index contributed by atoms with van der Waals surface area (Å²) in [6.07, 6.45) is 1.44. The maximum absolute atomic E-state index is 12.9. The number of halogens is 2. The molecule has 0 saturated heterocycles. The van der Waals surface area contributed by atoms with Crippen molar-refractivity contribution in [2.45, 2.75) is 12.8 Å². The van der Waals surface area contributed by atoms with Crippen LogP contribution in [0.25, 0.3) is 11.3 Å². The van der Waals surface area contributed by atoms with Gasteiger partial charge < -0.3 is 4.52 Å². The Hall–Kier alpha value is -1.71. The monoisotopic (exact) mass is 209 g/mol. The van der Waals surface area contributed by atoms with E-state index < -0.39 is 5.92 Å². The molecular formula is C11H9F2NO. The minimum atomic E-state index is -2.80. The van der Waals surface area contributed by atoms with Crippen LogP contribution in [0.3, 0.4) is 0 Å². The lowest BCUT2D eigenvalue weighted by Gasteiger charge is -2.10. The number of benzene rings is 1. The first-order valence-electron chi connectivity index (χ1n) is 4.46. The van der Waals surface area contributed by atoms with Gasteiger partial charge in [0.25, 0.3) is 5.92 Å². The van der Waals surface area contributed by atoms with Gasteiger partial charge in [0.1, 0.15) is 12.0 Å². The summed E-state index contributed by atoms with van der Waals surface area (Å²) in [5, 5.41) is 3.72. The lowest BCUT2D eigenvalue weighted by atomic mass is 10.1. The van der Waals surface area contributed by atoms with E-state index in [2.05, 4.69) is 9.68 Å². The molecule has 0 spiro atoms. The highest BCUT2D eigenvalue weighted by atomic mass is 19.3. The maximum atomic E-state index is 12.9. The highest BCUT2D eigenvalue weighted by Crippen LogP contribution is 2.28. The first kappa shape index (κ1) is 9.83. The van der Waals surface area contributed by atoms with Gasteiger partial charge in [0.2, 0.25) is 0 Å². The molecule has 1 aromatic heterocycles. The molecule has 0 atom stereocenters. The third-order valence-electron chi connectivity index (χ3n) is 2.13. The highest BCUT2D eigenvalue weighted by molar-refractivity contribution is 5.58. The second-order valence-corrected chi connectivity index (χ2v) is 3.35. The van der Waals surface area contributed by atoms with Crippen molar-refractivity contribution in [2.75, 3.05) is 0 Å². The summed E-state index contributed by atoms with van der Waals surface area (Å²) in [6, 6.07) is 7.67. The molecule has 15 heavy (non-hydrogen) atoms. The second kappa shape index (κ2) is 3.46. The van der Waals surface area contributed by atoms with Gasteiger partial charge in [-0.25, -0.2) is 8.78 Å². The van der Waals surface area contributed by atoms with Crippen molar-refractivity contribution in [3.05, 3.63) is 42.2 Å². The Morgan fingerprint density at radius 1 is 1.13 bits per heavy atom.